The van der Waals surface area contributed by atoms with Crippen molar-refractivity contribution in [3.8, 4) is 22.8 Å². The molecule has 0 atom stereocenters. The Bertz CT molecular complexity index is 923. The largest absolute Gasteiger partial charge is 0.497 e. The molecule has 0 radical (unpaired) electrons. The van der Waals surface area contributed by atoms with E-state index in [1.807, 2.05) is 6.07 Å². The zero-order valence-electron chi connectivity index (χ0n) is 14.3. The highest BCUT2D eigenvalue weighted by atomic mass is 35.5. The van der Waals surface area contributed by atoms with Gasteiger partial charge < -0.3 is 19.2 Å². The monoisotopic (exact) mass is 372 g/mol. The van der Waals surface area contributed by atoms with Gasteiger partial charge in [-0.3, -0.25) is 4.79 Å². The molecule has 1 heterocycles. The third-order valence-corrected chi connectivity index (χ3v) is 4.04. The first kappa shape index (κ1) is 17.8. The van der Waals surface area contributed by atoms with Crippen molar-refractivity contribution >= 4 is 17.5 Å². The predicted octanol–water partition coefficient (Wildman–Crippen LogP) is 3.94. The first-order valence-corrected chi connectivity index (χ1v) is 8.18. The Morgan fingerprint density at radius 2 is 2.04 bits per heavy atom. The van der Waals surface area contributed by atoms with Crippen LogP contribution in [0.15, 0.2) is 53.3 Å². The van der Waals surface area contributed by atoms with Crippen molar-refractivity contribution in [2.24, 2.45) is 0 Å². The topological polar surface area (TPSA) is 73.6 Å². The molecule has 26 heavy (non-hydrogen) atoms. The van der Waals surface area contributed by atoms with Crippen LogP contribution in [0.2, 0.25) is 5.02 Å². The number of nitrogens with one attached hydrogen (secondary N) is 1. The molecule has 134 valence electrons. The van der Waals surface area contributed by atoms with Crippen LogP contribution in [0.5, 0.6) is 11.5 Å². The quantitative estimate of drug-likeness (QED) is 0.709. The van der Waals surface area contributed by atoms with Gasteiger partial charge in [0.25, 0.3) is 5.91 Å². The van der Waals surface area contributed by atoms with Gasteiger partial charge in [-0.25, -0.2) is 4.98 Å². The van der Waals surface area contributed by atoms with Crippen LogP contribution >= 0.6 is 11.6 Å². The van der Waals surface area contributed by atoms with Crippen LogP contribution < -0.4 is 14.8 Å². The van der Waals surface area contributed by atoms with Crippen molar-refractivity contribution in [3.05, 3.63) is 65.1 Å². The Kier molecular flexibility index (Phi) is 5.43. The lowest BCUT2D eigenvalue weighted by molar-refractivity contribution is 0.0946. The lowest BCUT2D eigenvalue weighted by Crippen LogP contribution is -2.24. The van der Waals surface area contributed by atoms with Crippen LogP contribution in [0.3, 0.4) is 0 Å². The lowest BCUT2D eigenvalue weighted by Gasteiger charge is -2.11. The van der Waals surface area contributed by atoms with E-state index in [1.54, 1.807) is 50.6 Å². The van der Waals surface area contributed by atoms with E-state index in [9.17, 15) is 4.79 Å². The number of ether oxygens (including phenoxy) is 2. The molecule has 3 aromatic rings. The maximum atomic E-state index is 12.5. The number of aromatic nitrogens is 1. The zero-order chi connectivity index (χ0) is 18.5. The maximum Gasteiger partial charge on any atom is 0.274 e. The van der Waals surface area contributed by atoms with E-state index in [1.165, 1.54) is 6.39 Å². The summed E-state index contributed by atoms with van der Waals surface area (Å²) < 4.78 is 15.9. The standard InChI is InChI=1S/C19H17ClN2O4/c1-24-15-7-6-13(16(9-15)25-2)10-21-19(23)17-18(26-11-22-17)12-4-3-5-14(20)8-12/h3-9,11H,10H2,1-2H3,(H,21,23). The van der Waals surface area contributed by atoms with E-state index < -0.39 is 0 Å². The fraction of sp³-hybridized carbons (Fsp3) is 0.158. The Labute approximate surface area is 155 Å². The van der Waals surface area contributed by atoms with Crippen molar-refractivity contribution in [3.63, 3.8) is 0 Å². The van der Waals surface area contributed by atoms with Crippen LogP contribution in [0.25, 0.3) is 11.3 Å². The average Bonchev–Trinajstić information content (AvgIpc) is 3.16. The first-order valence-electron chi connectivity index (χ1n) is 7.81. The average molecular weight is 373 g/mol. The summed E-state index contributed by atoms with van der Waals surface area (Å²) in [5.41, 5.74) is 1.69. The van der Waals surface area contributed by atoms with Crippen LogP contribution in [0.4, 0.5) is 0 Å². The summed E-state index contributed by atoms with van der Waals surface area (Å²) in [5.74, 6) is 1.31. The number of carbonyl (C=O) groups is 1. The molecule has 0 unspecified atom stereocenters. The molecule has 6 nitrogen and oxygen atoms in total. The number of hydrogen-bond donors (Lipinski definition) is 1. The molecule has 2 aromatic carbocycles. The molecule has 0 aliphatic carbocycles. The third kappa shape index (κ3) is 3.81. The van der Waals surface area contributed by atoms with E-state index in [2.05, 4.69) is 10.3 Å². The minimum Gasteiger partial charge on any atom is -0.497 e. The summed E-state index contributed by atoms with van der Waals surface area (Å²) in [6, 6.07) is 12.4. The molecule has 0 fully saturated rings. The van der Waals surface area contributed by atoms with Gasteiger partial charge >= 0.3 is 0 Å². The minimum absolute atomic E-state index is 0.194. The molecule has 1 amide bonds. The fourth-order valence-corrected chi connectivity index (χ4v) is 2.69. The van der Waals surface area contributed by atoms with Crippen LogP contribution in [0, 0.1) is 0 Å². The minimum atomic E-state index is -0.355. The van der Waals surface area contributed by atoms with Gasteiger partial charge in [0, 0.05) is 28.8 Å². The number of amides is 1. The first-order chi connectivity index (χ1) is 12.6. The number of carbonyl (C=O) groups excluding carboxylic acids is 1. The van der Waals surface area contributed by atoms with E-state index in [4.69, 9.17) is 25.5 Å². The van der Waals surface area contributed by atoms with Gasteiger partial charge in [0.2, 0.25) is 0 Å². The van der Waals surface area contributed by atoms with Gasteiger partial charge in [-0.1, -0.05) is 23.7 Å². The van der Waals surface area contributed by atoms with Crippen molar-refractivity contribution in [2.45, 2.75) is 6.54 Å². The van der Waals surface area contributed by atoms with Crippen LogP contribution in [-0.4, -0.2) is 25.1 Å². The van der Waals surface area contributed by atoms with Gasteiger partial charge in [-0.05, 0) is 24.3 Å². The smallest absolute Gasteiger partial charge is 0.274 e. The fourth-order valence-electron chi connectivity index (χ4n) is 2.50. The van der Waals surface area contributed by atoms with Crippen molar-refractivity contribution in [1.29, 1.82) is 0 Å². The highest BCUT2D eigenvalue weighted by Gasteiger charge is 2.19. The lowest BCUT2D eigenvalue weighted by atomic mass is 10.1. The van der Waals surface area contributed by atoms with E-state index in [0.717, 1.165) is 5.56 Å². The molecule has 0 saturated carbocycles. The Hall–Kier alpha value is -2.99. The highest BCUT2D eigenvalue weighted by molar-refractivity contribution is 6.30. The number of methoxy groups -OCH3 is 2. The van der Waals surface area contributed by atoms with E-state index >= 15 is 0 Å². The highest BCUT2D eigenvalue weighted by Crippen LogP contribution is 2.27. The van der Waals surface area contributed by atoms with Crippen molar-refractivity contribution in [1.82, 2.24) is 10.3 Å². The van der Waals surface area contributed by atoms with Gasteiger partial charge in [0.15, 0.2) is 17.8 Å². The molecule has 7 heteroatoms. The molecular formula is C19H17ClN2O4. The van der Waals surface area contributed by atoms with Crippen molar-refractivity contribution < 1.29 is 18.7 Å². The van der Waals surface area contributed by atoms with Crippen molar-refractivity contribution in [2.75, 3.05) is 14.2 Å². The number of benzene rings is 2. The van der Waals surface area contributed by atoms with Gasteiger partial charge in [0.05, 0.1) is 14.2 Å². The predicted molar refractivity (Wildman–Crippen MR) is 97.7 cm³/mol. The molecule has 0 spiro atoms. The number of oxazole rings is 1. The summed E-state index contributed by atoms with van der Waals surface area (Å²) >= 11 is 6.01. The molecule has 0 bridgehead atoms. The van der Waals surface area contributed by atoms with E-state index in [0.29, 0.717) is 27.8 Å². The van der Waals surface area contributed by atoms with Gasteiger partial charge in [-0.15, -0.1) is 0 Å². The van der Waals surface area contributed by atoms with Crippen LogP contribution in [-0.2, 0) is 6.54 Å². The SMILES string of the molecule is COc1ccc(CNC(=O)c2ncoc2-c2cccc(Cl)c2)c(OC)c1. The number of nitrogens with zero attached hydrogens (tertiary/aromatic N) is 1. The molecule has 0 aliphatic rings. The second-order valence-electron chi connectivity index (χ2n) is 5.40. The summed E-state index contributed by atoms with van der Waals surface area (Å²) in [6.45, 7) is 0.272. The Morgan fingerprint density at radius 1 is 1.19 bits per heavy atom. The molecule has 1 N–H and O–H groups in total. The van der Waals surface area contributed by atoms with E-state index in [-0.39, 0.29) is 18.1 Å². The molecular weight excluding hydrogens is 356 g/mol. The van der Waals surface area contributed by atoms with Crippen LogP contribution in [0.1, 0.15) is 16.1 Å². The normalized spacial score (nSPS) is 10.4. The summed E-state index contributed by atoms with van der Waals surface area (Å²) in [6.07, 6.45) is 1.24. The number of halogens is 1. The zero-order valence-corrected chi connectivity index (χ0v) is 15.0. The molecule has 0 saturated heterocycles. The second-order valence-corrected chi connectivity index (χ2v) is 5.84. The number of rotatable bonds is 6. The molecule has 0 aliphatic heterocycles. The summed E-state index contributed by atoms with van der Waals surface area (Å²) in [4.78, 5) is 16.6. The Morgan fingerprint density at radius 3 is 2.77 bits per heavy atom. The number of hydrogen-bond acceptors (Lipinski definition) is 5. The summed E-state index contributed by atoms with van der Waals surface area (Å²) in [5, 5.41) is 3.37. The summed E-state index contributed by atoms with van der Waals surface area (Å²) in [7, 11) is 3.15. The van der Waals surface area contributed by atoms with Gasteiger partial charge in [-0.2, -0.15) is 0 Å². The third-order valence-electron chi connectivity index (χ3n) is 3.80. The molecule has 3 rings (SSSR count). The molecule has 1 aromatic heterocycles. The maximum absolute atomic E-state index is 12.5. The second kappa shape index (κ2) is 7.93. The Balaban J connectivity index is 1.77. The van der Waals surface area contributed by atoms with Gasteiger partial charge in [0.1, 0.15) is 11.5 Å².